The minimum absolute atomic E-state index is 0.0283. The number of aryl methyl sites for hydroxylation is 1. The summed E-state index contributed by atoms with van der Waals surface area (Å²) < 4.78 is 65.8. The molecule has 2 unspecified atom stereocenters. The molecule has 0 aliphatic carbocycles. The molecule has 1 fully saturated rings. The highest BCUT2D eigenvalue weighted by Crippen LogP contribution is 2.43. The van der Waals surface area contributed by atoms with Gasteiger partial charge in [-0.1, -0.05) is 37.6 Å². The number of hydrogen-bond acceptors (Lipinski definition) is 2. The Hall–Kier alpha value is -2.08. The number of hydrogen-bond donors (Lipinski definition) is 0. The van der Waals surface area contributed by atoms with E-state index in [-0.39, 0.29) is 18.1 Å². The van der Waals surface area contributed by atoms with E-state index in [1.54, 1.807) is 6.92 Å². The summed E-state index contributed by atoms with van der Waals surface area (Å²) in [6.07, 6.45) is -2.22. The fraction of sp³-hybridized carbons (Fsp3) is 0.478. The average Bonchev–Trinajstić information content (AvgIpc) is 2.68. The molecule has 2 nitrogen and oxygen atoms in total. The van der Waals surface area contributed by atoms with Crippen LogP contribution in [0, 0.1) is 5.82 Å². The number of ether oxygens (including phenoxy) is 2. The molecule has 0 saturated carbocycles. The number of halogens is 4. The van der Waals surface area contributed by atoms with Gasteiger partial charge in [-0.3, -0.25) is 0 Å². The third-order valence-electron chi connectivity index (χ3n) is 5.33. The zero-order valence-corrected chi connectivity index (χ0v) is 16.7. The first-order valence-electron chi connectivity index (χ1n) is 10.1. The lowest BCUT2D eigenvalue weighted by Gasteiger charge is -2.30. The fourth-order valence-electron chi connectivity index (χ4n) is 3.87. The lowest BCUT2D eigenvalue weighted by molar-refractivity contribution is -0.141. The molecule has 1 aliphatic heterocycles. The molecule has 2 aromatic rings. The number of rotatable bonds is 6. The quantitative estimate of drug-likeness (QED) is 0.486. The second kappa shape index (κ2) is 9.16. The van der Waals surface area contributed by atoms with E-state index in [1.807, 2.05) is 0 Å². The first-order valence-corrected chi connectivity index (χ1v) is 10.1. The van der Waals surface area contributed by atoms with Crippen molar-refractivity contribution >= 4 is 0 Å². The van der Waals surface area contributed by atoms with Gasteiger partial charge in [0.1, 0.15) is 17.1 Å². The lowest BCUT2D eigenvalue weighted by atomic mass is 9.88. The molecule has 2 aromatic carbocycles. The summed E-state index contributed by atoms with van der Waals surface area (Å²) in [7, 11) is 0. The Morgan fingerprint density at radius 2 is 1.76 bits per heavy atom. The van der Waals surface area contributed by atoms with Gasteiger partial charge in [0.25, 0.3) is 0 Å². The van der Waals surface area contributed by atoms with Crippen molar-refractivity contribution in [3.05, 3.63) is 64.5 Å². The molecule has 2 atom stereocenters. The second-order valence-electron chi connectivity index (χ2n) is 7.36. The normalized spacial score (nSPS) is 19.9. The Morgan fingerprint density at radius 3 is 2.31 bits per heavy atom. The van der Waals surface area contributed by atoms with Crippen LogP contribution in [0.2, 0.25) is 0 Å². The largest absolute Gasteiger partial charge is 0.493 e. The van der Waals surface area contributed by atoms with Crippen molar-refractivity contribution in [2.45, 2.75) is 57.7 Å². The third-order valence-corrected chi connectivity index (χ3v) is 5.33. The summed E-state index contributed by atoms with van der Waals surface area (Å²) in [4.78, 5) is 0. The van der Waals surface area contributed by atoms with E-state index in [2.05, 4.69) is 31.2 Å². The van der Waals surface area contributed by atoms with Crippen molar-refractivity contribution in [3.8, 4) is 5.75 Å². The van der Waals surface area contributed by atoms with E-state index >= 15 is 0 Å². The Kier molecular flexibility index (Phi) is 6.83. The monoisotopic (exact) mass is 410 g/mol. The third kappa shape index (κ3) is 4.92. The minimum Gasteiger partial charge on any atom is -0.493 e. The molecule has 1 aliphatic rings. The first kappa shape index (κ1) is 21.6. The molecule has 0 N–H and O–H groups in total. The highest BCUT2D eigenvalue weighted by molar-refractivity contribution is 5.42. The van der Waals surface area contributed by atoms with Crippen LogP contribution in [0.1, 0.15) is 67.4 Å². The van der Waals surface area contributed by atoms with E-state index in [0.717, 1.165) is 24.8 Å². The molecule has 0 amide bonds. The predicted octanol–water partition coefficient (Wildman–Crippen LogP) is 6.83. The summed E-state index contributed by atoms with van der Waals surface area (Å²) in [6, 6.07) is 10.9. The van der Waals surface area contributed by atoms with Crippen LogP contribution in [-0.4, -0.2) is 13.2 Å². The van der Waals surface area contributed by atoms with Crippen LogP contribution in [0.25, 0.3) is 0 Å². The second-order valence-corrected chi connectivity index (χ2v) is 7.36. The van der Waals surface area contributed by atoms with Gasteiger partial charge in [0.2, 0.25) is 0 Å². The summed E-state index contributed by atoms with van der Waals surface area (Å²) in [5.74, 6) is -1.62. The summed E-state index contributed by atoms with van der Waals surface area (Å²) in [6.45, 7) is 4.07. The van der Waals surface area contributed by atoms with Crippen LogP contribution < -0.4 is 4.74 Å². The molecule has 0 radical (unpaired) electrons. The molecule has 0 bridgehead atoms. The molecule has 0 spiro atoms. The molecule has 3 rings (SSSR count). The van der Waals surface area contributed by atoms with E-state index in [4.69, 9.17) is 9.47 Å². The van der Waals surface area contributed by atoms with Crippen molar-refractivity contribution in [2.75, 3.05) is 13.2 Å². The molecular formula is C23H26F4O2. The van der Waals surface area contributed by atoms with Crippen LogP contribution in [0.15, 0.2) is 36.4 Å². The van der Waals surface area contributed by atoms with Crippen LogP contribution in [0.3, 0.4) is 0 Å². The van der Waals surface area contributed by atoms with Gasteiger partial charge in [0.05, 0.1) is 19.3 Å². The van der Waals surface area contributed by atoms with Gasteiger partial charge in [-0.15, -0.1) is 0 Å². The Bertz CT molecular complexity index is 807. The van der Waals surface area contributed by atoms with Crippen molar-refractivity contribution in [2.24, 2.45) is 0 Å². The van der Waals surface area contributed by atoms with Crippen LogP contribution in [0.4, 0.5) is 17.6 Å². The van der Waals surface area contributed by atoms with Gasteiger partial charge < -0.3 is 9.47 Å². The molecule has 6 heteroatoms. The number of alkyl halides is 3. The highest BCUT2D eigenvalue weighted by Gasteiger charge is 2.40. The van der Waals surface area contributed by atoms with E-state index in [1.165, 1.54) is 17.7 Å². The standard InChI is InChI=1S/C23H26F4O2/c1-3-5-15-6-8-16(9-7-15)17-10-12-19(29-14-17)18-11-13-20(28-4-2)21(22(18)24)23(25,26)27/h6-9,11,13,17,19H,3-5,10,12,14H2,1-2H3. The van der Waals surface area contributed by atoms with Crippen molar-refractivity contribution < 1.29 is 27.0 Å². The molecule has 158 valence electrons. The smallest absolute Gasteiger partial charge is 0.422 e. The zero-order chi connectivity index (χ0) is 21.0. The predicted molar refractivity (Wildman–Crippen MR) is 104 cm³/mol. The van der Waals surface area contributed by atoms with Gasteiger partial charge in [-0.25, -0.2) is 4.39 Å². The molecular weight excluding hydrogens is 384 g/mol. The molecule has 1 saturated heterocycles. The van der Waals surface area contributed by atoms with E-state index in [0.29, 0.717) is 13.0 Å². The van der Waals surface area contributed by atoms with Gasteiger partial charge in [-0.05, 0) is 49.4 Å². The Labute approximate surface area is 168 Å². The van der Waals surface area contributed by atoms with Gasteiger partial charge in [0.15, 0.2) is 0 Å². The lowest BCUT2D eigenvalue weighted by Crippen LogP contribution is -2.21. The summed E-state index contributed by atoms with van der Waals surface area (Å²) >= 11 is 0. The SMILES string of the molecule is CCCc1ccc(C2CCC(c3ccc(OCC)c(C(F)(F)F)c3F)OC2)cc1. The molecule has 1 heterocycles. The van der Waals surface area contributed by atoms with E-state index in [9.17, 15) is 17.6 Å². The maximum atomic E-state index is 14.8. The molecule has 0 aromatic heterocycles. The number of benzene rings is 2. The van der Waals surface area contributed by atoms with Crippen molar-refractivity contribution in [3.63, 3.8) is 0 Å². The molecule has 29 heavy (non-hydrogen) atoms. The van der Waals surface area contributed by atoms with Gasteiger partial charge >= 0.3 is 6.18 Å². The van der Waals surface area contributed by atoms with Crippen LogP contribution in [-0.2, 0) is 17.3 Å². The maximum Gasteiger partial charge on any atom is 0.422 e. The first-order chi connectivity index (χ1) is 13.8. The Morgan fingerprint density at radius 1 is 1.03 bits per heavy atom. The van der Waals surface area contributed by atoms with Gasteiger partial charge in [-0.2, -0.15) is 13.2 Å². The summed E-state index contributed by atoms with van der Waals surface area (Å²) in [5, 5.41) is 0. The van der Waals surface area contributed by atoms with E-state index < -0.39 is 29.4 Å². The summed E-state index contributed by atoms with van der Waals surface area (Å²) in [5.41, 5.74) is 1.01. The topological polar surface area (TPSA) is 18.5 Å². The minimum atomic E-state index is -4.83. The van der Waals surface area contributed by atoms with Crippen LogP contribution in [0.5, 0.6) is 5.75 Å². The fourth-order valence-corrected chi connectivity index (χ4v) is 3.87. The van der Waals surface area contributed by atoms with Crippen molar-refractivity contribution in [1.82, 2.24) is 0 Å². The van der Waals surface area contributed by atoms with Gasteiger partial charge in [0, 0.05) is 11.5 Å². The Balaban J connectivity index is 1.75. The highest BCUT2D eigenvalue weighted by atomic mass is 19.4. The maximum absolute atomic E-state index is 14.8. The zero-order valence-electron chi connectivity index (χ0n) is 16.7. The average molecular weight is 410 g/mol. The van der Waals surface area contributed by atoms with Crippen molar-refractivity contribution in [1.29, 1.82) is 0 Å². The van der Waals surface area contributed by atoms with Crippen LogP contribution >= 0.6 is 0 Å².